The van der Waals surface area contributed by atoms with Crippen molar-refractivity contribution in [1.82, 2.24) is 15.5 Å². The van der Waals surface area contributed by atoms with Gasteiger partial charge in [0.25, 0.3) is 0 Å². The number of hydrogen-bond donors (Lipinski definition) is 2. The highest BCUT2D eigenvalue weighted by molar-refractivity contribution is 5.82. The van der Waals surface area contributed by atoms with Crippen LogP contribution in [-0.4, -0.2) is 49.0 Å². The van der Waals surface area contributed by atoms with E-state index in [0.717, 1.165) is 50.6 Å². The Kier molecular flexibility index (Phi) is 5.11. The summed E-state index contributed by atoms with van der Waals surface area (Å²) in [7, 11) is 0. The zero-order valence-corrected chi connectivity index (χ0v) is 14.7. The molecule has 1 spiro atoms. The van der Waals surface area contributed by atoms with Crippen molar-refractivity contribution < 1.29 is 9.21 Å². The van der Waals surface area contributed by atoms with E-state index in [9.17, 15) is 4.79 Å². The van der Waals surface area contributed by atoms with E-state index in [1.165, 1.54) is 0 Å². The van der Waals surface area contributed by atoms with Gasteiger partial charge in [-0.25, -0.2) is 0 Å². The third-order valence-corrected chi connectivity index (χ3v) is 4.77. The van der Waals surface area contributed by atoms with Crippen LogP contribution in [0.2, 0.25) is 0 Å². The predicted octanol–water partition coefficient (Wildman–Crippen LogP) is 1.78. The van der Waals surface area contributed by atoms with Gasteiger partial charge in [0.1, 0.15) is 5.76 Å². The fourth-order valence-electron chi connectivity index (χ4n) is 3.65. The number of likely N-dealkylation sites (tertiary alicyclic amines) is 1. The minimum Gasteiger partial charge on any atom is -0.469 e. The number of piperidine rings is 1. The molecule has 1 unspecified atom stereocenters. The zero-order valence-electron chi connectivity index (χ0n) is 14.7. The molecule has 0 saturated carbocycles. The van der Waals surface area contributed by atoms with E-state index in [4.69, 9.17) is 9.41 Å². The number of rotatable bonds is 4. The molecule has 3 rings (SSSR count). The number of guanidine groups is 1. The second-order valence-corrected chi connectivity index (χ2v) is 7.31. The predicted molar refractivity (Wildman–Crippen MR) is 93.9 cm³/mol. The van der Waals surface area contributed by atoms with Gasteiger partial charge in [0.15, 0.2) is 5.96 Å². The molecular weight excluding hydrogens is 304 g/mol. The molecule has 0 bridgehead atoms. The largest absolute Gasteiger partial charge is 0.469 e. The van der Waals surface area contributed by atoms with Crippen LogP contribution in [0, 0.1) is 5.41 Å². The Bertz CT molecular complexity index is 582. The van der Waals surface area contributed by atoms with Crippen molar-refractivity contribution in [2.75, 3.05) is 26.2 Å². The number of carbonyl (C=O) groups is 1. The van der Waals surface area contributed by atoms with Gasteiger partial charge in [0, 0.05) is 50.5 Å². The van der Waals surface area contributed by atoms with E-state index in [1.54, 1.807) is 6.26 Å². The van der Waals surface area contributed by atoms with Gasteiger partial charge in [-0.15, -0.1) is 0 Å². The molecule has 3 heterocycles. The molecule has 2 aliphatic heterocycles. The van der Waals surface area contributed by atoms with Crippen LogP contribution in [0.5, 0.6) is 0 Å². The Morgan fingerprint density at radius 3 is 3.08 bits per heavy atom. The third kappa shape index (κ3) is 4.10. The van der Waals surface area contributed by atoms with Crippen LogP contribution < -0.4 is 10.6 Å². The topological polar surface area (TPSA) is 69.9 Å². The van der Waals surface area contributed by atoms with Crippen molar-refractivity contribution >= 4 is 11.9 Å². The van der Waals surface area contributed by atoms with Gasteiger partial charge in [-0.05, 0) is 38.8 Å². The van der Waals surface area contributed by atoms with Gasteiger partial charge in [-0.3, -0.25) is 9.79 Å². The second-order valence-electron chi connectivity index (χ2n) is 7.31. The van der Waals surface area contributed by atoms with Gasteiger partial charge in [-0.2, -0.15) is 0 Å². The van der Waals surface area contributed by atoms with Crippen molar-refractivity contribution in [2.24, 2.45) is 10.4 Å². The Morgan fingerprint density at radius 2 is 2.42 bits per heavy atom. The molecule has 132 valence electrons. The van der Waals surface area contributed by atoms with Crippen LogP contribution in [-0.2, 0) is 11.2 Å². The highest BCUT2D eigenvalue weighted by Gasteiger charge is 2.42. The molecule has 1 atom stereocenters. The average molecular weight is 332 g/mol. The molecule has 6 nitrogen and oxygen atoms in total. The molecule has 24 heavy (non-hydrogen) atoms. The van der Waals surface area contributed by atoms with E-state index in [2.05, 4.69) is 29.4 Å². The normalized spacial score (nSPS) is 24.7. The summed E-state index contributed by atoms with van der Waals surface area (Å²) < 4.78 is 5.38. The first-order valence-electron chi connectivity index (χ1n) is 8.91. The number of amides is 1. The van der Waals surface area contributed by atoms with Crippen LogP contribution in [0.15, 0.2) is 27.8 Å². The van der Waals surface area contributed by atoms with E-state index in [1.807, 2.05) is 12.1 Å². The number of nitrogens with one attached hydrogen (secondary N) is 2. The number of nitrogens with zero attached hydrogens (tertiary/aromatic N) is 2. The number of hydrogen-bond acceptors (Lipinski definition) is 3. The SMILES string of the molecule is CC(C)NC(=NCCc1ccco1)N1CCCC2(CNC(=O)C2)C1. The number of carbonyl (C=O) groups excluding carboxylic acids is 1. The second kappa shape index (κ2) is 7.28. The molecule has 1 aromatic rings. The van der Waals surface area contributed by atoms with Crippen molar-refractivity contribution in [3.63, 3.8) is 0 Å². The standard InChI is InChI=1S/C18H28N4O2/c1-14(2)21-17(19-8-6-15-5-3-10-24-15)22-9-4-7-18(13-22)11-16(23)20-12-18/h3,5,10,14H,4,6-9,11-13H2,1-2H3,(H,19,21)(H,20,23). The van der Waals surface area contributed by atoms with Gasteiger partial charge in [-0.1, -0.05) is 0 Å². The summed E-state index contributed by atoms with van der Waals surface area (Å²) in [5.41, 5.74) is 0.0791. The maximum absolute atomic E-state index is 11.7. The fourth-order valence-corrected chi connectivity index (χ4v) is 3.65. The van der Waals surface area contributed by atoms with Crippen molar-refractivity contribution in [3.8, 4) is 0 Å². The maximum Gasteiger partial charge on any atom is 0.220 e. The molecule has 6 heteroatoms. The molecule has 2 aliphatic rings. The van der Waals surface area contributed by atoms with Crippen molar-refractivity contribution in [2.45, 2.75) is 45.6 Å². The molecule has 0 radical (unpaired) electrons. The number of aliphatic imine (C=N–C) groups is 1. The van der Waals surface area contributed by atoms with Crippen LogP contribution in [0.3, 0.4) is 0 Å². The summed E-state index contributed by atoms with van der Waals surface area (Å²) in [6.07, 6.45) is 5.36. The Morgan fingerprint density at radius 1 is 1.54 bits per heavy atom. The smallest absolute Gasteiger partial charge is 0.220 e. The first-order valence-corrected chi connectivity index (χ1v) is 8.91. The summed E-state index contributed by atoms with van der Waals surface area (Å²) in [5.74, 6) is 2.10. The lowest BCUT2D eigenvalue weighted by atomic mass is 9.79. The summed E-state index contributed by atoms with van der Waals surface area (Å²) in [5, 5.41) is 6.49. The monoisotopic (exact) mass is 332 g/mol. The lowest BCUT2D eigenvalue weighted by molar-refractivity contribution is -0.119. The molecule has 1 amide bonds. The van der Waals surface area contributed by atoms with Crippen LogP contribution in [0.4, 0.5) is 0 Å². The molecule has 0 aromatic carbocycles. The lowest BCUT2D eigenvalue weighted by Crippen LogP contribution is -2.52. The summed E-state index contributed by atoms with van der Waals surface area (Å²) >= 11 is 0. The van der Waals surface area contributed by atoms with Crippen LogP contribution >= 0.6 is 0 Å². The van der Waals surface area contributed by atoms with Gasteiger partial charge >= 0.3 is 0 Å². The molecule has 2 fully saturated rings. The van der Waals surface area contributed by atoms with E-state index >= 15 is 0 Å². The Labute approximate surface area is 143 Å². The highest BCUT2D eigenvalue weighted by atomic mass is 16.3. The third-order valence-electron chi connectivity index (χ3n) is 4.77. The summed E-state index contributed by atoms with van der Waals surface area (Å²) in [6, 6.07) is 4.22. The Hall–Kier alpha value is -1.98. The molecule has 2 saturated heterocycles. The van der Waals surface area contributed by atoms with Crippen LogP contribution in [0.25, 0.3) is 0 Å². The fraction of sp³-hybridized carbons (Fsp3) is 0.667. The minimum atomic E-state index is 0.0791. The first kappa shape index (κ1) is 16.9. The molecule has 2 N–H and O–H groups in total. The number of furan rings is 1. The Balaban J connectivity index is 1.66. The van der Waals surface area contributed by atoms with Gasteiger partial charge < -0.3 is 20.0 Å². The van der Waals surface area contributed by atoms with Crippen LogP contribution in [0.1, 0.15) is 38.9 Å². The maximum atomic E-state index is 11.7. The summed E-state index contributed by atoms with van der Waals surface area (Å²) in [4.78, 5) is 18.8. The van der Waals surface area contributed by atoms with Crippen molar-refractivity contribution in [3.05, 3.63) is 24.2 Å². The summed E-state index contributed by atoms with van der Waals surface area (Å²) in [6.45, 7) is 7.64. The molecular formula is C18H28N4O2. The lowest BCUT2D eigenvalue weighted by Gasteiger charge is -2.41. The minimum absolute atomic E-state index is 0.0791. The van der Waals surface area contributed by atoms with E-state index in [0.29, 0.717) is 19.0 Å². The average Bonchev–Trinajstić information content (AvgIpc) is 3.17. The van der Waals surface area contributed by atoms with E-state index < -0.39 is 0 Å². The molecule has 1 aromatic heterocycles. The van der Waals surface area contributed by atoms with Crippen molar-refractivity contribution in [1.29, 1.82) is 0 Å². The van der Waals surface area contributed by atoms with Gasteiger partial charge in [0.05, 0.1) is 6.26 Å². The zero-order chi connectivity index (χ0) is 17.0. The quantitative estimate of drug-likeness (QED) is 0.651. The molecule has 0 aliphatic carbocycles. The van der Waals surface area contributed by atoms with E-state index in [-0.39, 0.29) is 11.3 Å². The van der Waals surface area contributed by atoms with Gasteiger partial charge in [0.2, 0.25) is 5.91 Å². The first-order chi connectivity index (χ1) is 11.6. The highest BCUT2D eigenvalue weighted by Crippen LogP contribution is 2.36.